The van der Waals surface area contributed by atoms with Gasteiger partial charge in [0.1, 0.15) is 18.2 Å². The highest BCUT2D eigenvalue weighted by molar-refractivity contribution is 9.10. The highest BCUT2D eigenvalue weighted by atomic mass is 79.9. The zero-order chi connectivity index (χ0) is 30.0. The van der Waals surface area contributed by atoms with Crippen molar-refractivity contribution < 1.29 is 23.7 Å². The molecule has 44 heavy (non-hydrogen) atoms. The molecule has 4 heterocycles. The summed E-state index contributed by atoms with van der Waals surface area (Å²) in [5.41, 5.74) is 7.37. The first kappa shape index (κ1) is 28.6. The fraction of sp³-hybridized carbons (Fsp3) is 0.286. The molecule has 0 saturated carbocycles. The maximum absolute atomic E-state index is 12.3. The molecule has 9 heteroatoms. The maximum Gasteiger partial charge on any atom is 0.337 e. The van der Waals surface area contributed by atoms with Crippen LogP contribution in [-0.4, -0.2) is 46.9 Å². The maximum atomic E-state index is 12.3. The number of benzene rings is 3. The second-order valence-corrected chi connectivity index (χ2v) is 12.0. The normalized spacial score (nSPS) is 16.2. The van der Waals surface area contributed by atoms with E-state index in [4.69, 9.17) is 28.9 Å². The van der Waals surface area contributed by atoms with Crippen molar-refractivity contribution in [3.63, 3.8) is 0 Å². The van der Waals surface area contributed by atoms with Gasteiger partial charge in [0, 0.05) is 34.7 Å². The average Bonchev–Trinajstić information content (AvgIpc) is 3.36. The molecule has 5 aromatic rings. The van der Waals surface area contributed by atoms with E-state index in [0.29, 0.717) is 37.6 Å². The first-order valence-corrected chi connectivity index (χ1v) is 15.7. The fourth-order valence-corrected chi connectivity index (χ4v) is 6.18. The van der Waals surface area contributed by atoms with E-state index in [1.54, 1.807) is 6.07 Å². The molecule has 1 unspecified atom stereocenters. The Balaban J connectivity index is 1.25. The molecule has 0 spiro atoms. The number of pyridine rings is 1. The van der Waals surface area contributed by atoms with E-state index >= 15 is 0 Å². The van der Waals surface area contributed by atoms with Gasteiger partial charge in [0.25, 0.3) is 0 Å². The number of nitrogens with zero attached hydrogens (tertiary/aromatic N) is 3. The number of ether oxygens (including phenoxy) is 4. The largest absolute Gasteiger partial charge is 0.493 e. The Morgan fingerprint density at radius 2 is 1.91 bits per heavy atom. The summed E-state index contributed by atoms with van der Waals surface area (Å²) in [6, 6.07) is 23.9. The molecule has 3 aromatic carbocycles. The molecule has 4 bridgehead atoms. The highest BCUT2D eigenvalue weighted by Crippen LogP contribution is 2.32. The van der Waals surface area contributed by atoms with E-state index in [1.165, 1.54) is 12.7 Å². The minimum Gasteiger partial charge on any atom is -0.493 e. The number of imidazole rings is 1. The summed E-state index contributed by atoms with van der Waals surface area (Å²) in [5.74, 6) is 1.90. The third kappa shape index (κ3) is 5.94. The third-order valence-corrected chi connectivity index (χ3v) is 8.75. The molecule has 2 aliphatic heterocycles. The van der Waals surface area contributed by atoms with Crippen LogP contribution < -0.4 is 9.47 Å². The predicted molar refractivity (Wildman–Crippen MR) is 170 cm³/mol. The lowest BCUT2D eigenvalue weighted by atomic mass is 10.0. The highest BCUT2D eigenvalue weighted by Gasteiger charge is 2.23. The number of methoxy groups -OCH3 is 1. The van der Waals surface area contributed by atoms with E-state index in [1.807, 2.05) is 36.4 Å². The summed E-state index contributed by atoms with van der Waals surface area (Å²) in [6.07, 6.45) is 3.38. The lowest BCUT2D eigenvalue weighted by Gasteiger charge is -2.27. The number of aromatic nitrogens is 3. The quantitative estimate of drug-likeness (QED) is 0.190. The van der Waals surface area contributed by atoms with Crippen molar-refractivity contribution in [2.75, 3.05) is 20.3 Å². The third-order valence-electron chi connectivity index (χ3n) is 8.25. The van der Waals surface area contributed by atoms with Crippen LogP contribution in [0.4, 0.5) is 0 Å². The molecule has 8 nitrogen and oxygen atoms in total. The van der Waals surface area contributed by atoms with Gasteiger partial charge >= 0.3 is 5.97 Å². The van der Waals surface area contributed by atoms with Gasteiger partial charge < -0.3 is 23.5 Å². The van der Waals surface area contributed by atoms with Gasteiger partial charge in [0.2, 0.25) is 5.88 Å². The molecule has 2 aromatic heterocycles. The first-order valence-electron chi connectivity index (χ1n) is 14.9. The minimum absolute atomic E-state index is 0.119. The topological polar surface area (TPSA) is 84.7 Å². The van der Waals surface area contributed by atoms with E-state index < -0.39 is 0 Å². The Labute approximate surface area is 264 Å². The van der Waals surface area contributed by atoms with E-state index in [0.717, 1.165) is 75.3 Å². The summed E-state index contributed by atoms with van der Waals surface area (Å²) < 4.78 is 26.6. The molecule has 1 fully saturated rings. The Morgan fingerprint density at radius 3 is 2.75 bits per heavy atom. The minimum atomic E-state index is -0.370. The summed E-state index contributed by atoms with van der Waals surface area (Å²) in [6.45, 7) is 2.45. The van der Waals surface area contributed by atoms with Gasteiger partial charge in [-0.05, 0) is 72.9 Å². The monoisotopic (exact) mass is 653 g/mol. The molecule has 2 aliphatic rings. The summed E-state index contributed by atoms with van der Waals surface area (Å²) >= 11 is 3.62. The summed E-state index contributed by atoms with van der Waals surface area (Å²) in [4.78, 5) is 22.1. The van der Waals surface area contributed by atoms with Gasteiger partial charge in [-0.15, -0.1) is 0 Å². The van der Waals surface area contributed by atoms with Gasteiger partial charge in [0.15, 0.2) is 0 Å². The van der Waals surface area contributed by atoms with Crippen LogP contribution >= 0.6 is 15.9 Å². The lowest BCUT2D eigenvalue weighted by molar-refractivity contribution is -0.0589. The van der Waals surface area contributed by atoms with Crippen LogP contribution in [0.5, 0.6) is 11.6 Å². The van der Waals surface area contributed by atoms with Gasteiger partial charge in [-0.3, -0.25) is 0 Å². The molecule has 7 rings (SSSR count). The zero-order valence-corrected chi connectivity index (χ0v) is 26.0. The van der Waals surface area contributed by atoms with Gasteiger partial charge in [-0.2, -0.15) is 0 Å². The Hall–Kier alpha value is -4.21. The number of hydrogen-bond acceptors (Lipinski definition) is 7. The molecule has 0 radical (unpaired) electrons. The number of esters is 1. The van der Waals surface area contributed by atoms with E-state index in [-0.39, 0.29) is 12.1 Å². The first-order chi connectivity index (χ1) is 21.5. The van der Waals surface area contributed by atoms with Crippen LogP contribution in [0.1, 0.15) is 45.7 Å². The SMILES string of the molecule is COC(=O)c1ccc2nc(Cc3ccc4cc3OCCCc3cc(Br)ccc3COc3cccc-4n3)n(CC3CCO3)c2c1. The number of hydrogen-bond donors (Lipinski definition) is 0. The van der Waals surface area contributed by atoms with Crippen molar-refractivity contribution in [2.45, 2.75) is 44.9 Å². The number of carbonyl (C=O) groups excluding carboxylic acids is 1. The van der Waals surface area contributed by atoms with Crippen molar-refractivity contribution in [3.8, 4) is 22.9 Å². The number of halogens is 1. The second-order valence-electron chi connectivity index (χ2n) is 11.1. The van der Waals surface area contributed by atoms with Crippen LogP contribution in [0.15, 0.2) is 77.3 Å². The van der Waals surface area contributed by atoms with Gasteiger partial charge in [-0.25, -0.2) is 14.8 Å². The van der Waals surface area contributed by atoms with E-state index in [2.05, 4.69) is 50.8 Å². The standard InChI is InChI=1S/C35H32BrN3O5/c1-41-35(40)25-10-12-30-31(17-25)39(20-28-13-15-42-28)33(37-30)19-24-8-7-23-18-32(24)43-14-3-4-22-16-27(36)11-9-26(22)21-44-34-6-2-5-29(23)38-34/h2,5-12,16-18,28H,3-4,13-15,19-21H2,1H3. The molecule has 0 N–H and O–H groups in total. The number of fused-ring (bicyclic) bond motifs is 7. The predicted octanol–water partition coefficient (Wildman–Crippen LogP) is 6.93. The average molecular weight is 655 g/mol. The molecule has 224 valence electrons. The number of carbonyl (C=O) groups is 1. The zero-order valence-electron chi connectivity index (χ0n) is 24.4. The number of aryl methyl sites for hydroxylation is 1. The van der Waals surface area contributed by atoms with Crippen molar-refractivity contribution in [1.82, 2.24) is 14.5 Å². The van der Waals surface area contributed by atoms with Crippen molar-refractivity contribution in [1.29, 1.82) is 0 Å². The van der Waals surface area contributed by atoms with Crippen molar-refractivity contribution in [2.24, 2.45) is 0 Å². The molecular weight excluding hydrogens is 622 g/mol. The van der Waals surface area contributed by atoms with Gasteiger partial charge in [0.05, 0.1) is 48.7 Å². The van der Waals surface area contributed by atoms with Crippen LogP contribution in [0.25, 0.3) is 22.3 Å². The Morgan fingerprint density at radius 1 is 1.00 bits per heavy atom. The second kappa shape index (κ2) is 12.4. The van der Waals surface area contributed by atoms with E-state index in [9.17, 15) is 4.79 Å². The van der Waals surface area contributed by atoms with Crippen LogP contribution in [0.2, 0.25) is 0 Å². The lowest BCUT2D eigenvalue weighted by Crippen LogP contribution is -2.31. The molecule has 1 saturated heterocycles. The van der Waals surface area contributed by atoms with Crippen LogP contribution in [0.3, 0.4) is 0 Å². The molecule has 0 aliphatic carbocycles. The Bertz CT molecular complexity index is 1850. The summed E-state index contributed by atoms with van der Waals surface area (Å²) in [5, 5.41) is 0. The van der Waals surface area contributed by atoms with Crippen molar-refractivity contribution in [3.05, 3.63) is 105 Å². The Kier molecular flexibility index (Phi) is 8.06. The number of rotatable bonds is 5. The smallest absolute Gasteiger partial charge is 0.337 e. The molecule has 0 amide bonds. The molecule has 1 atom stereocenters. The van der Waals surface area contributed by atoms with Gasteiger partial charge in [-0.1, -0.05) is 40.2 Å². The van der Waals surface area contributed by atoms with Crippen molar-refractivity contribution >= 4 is 32.9 Å². The van der Waals surface area contributed by atoms with Crippen LogP contribution in [-0.2, 0) is 35.5 Å². The van der Waals surface area contributed by atoms with Crippen LogP contribution in [0, 0.1) is 0 Å². The molecular formula is C35H32BrN3O5. The fourth-order valence-electron chi connectivity index (χ4n) is 5.77. The summed E-state index contributed by atoms with van der Waals surface area (Å²) in [7, 11) is 1.39.